The van der Waals surface area contributed by atoms with E-state index in [2.05, 4.69) is 10.6 Å². The zero-order valence-corrected chi connectivity index (χ0v) is 13.7. The molecular formula is C17H14ClF2N3O2. The fraction of sp³-hybridized carbons (Fsp3) is 0.176. The highest BCUT2D eigenvalue weighted by atomic mass is 35.5. The van der Waals surface area contributed by atoms with Crippen LogP contribution in [0.2, 0.25) is 5.02 Å². The van der Waals surface area contributed by atoms with E-state index < -0.39 is 17.5 Å². The van der Waals surface area contributed by atoms with Gasteiger partial charge in [0.1, 0.15) is 0 Å². The maximum absolute atomic E-state index is 13.2. The molecule has 1 aliphatic heterocycles. The summed E-state index contributed by atoms with van der Waals surface area (Å²) in [6.07, 6.45) is 0. The van der Waals surface area contributed by atoms with Gasteiger partial charge in [-0.05, 0) is 36.4 Å². The Kier molecular flexibility index (Phi) is 4.85. The highest BCUT2D eigenvalue weighted by Gasteiger charge is 2.19. The number of nitrogens with one attached hydrogen (secondary N) is 2. The minimum Gasteiger partial charge on any atom is -0.359 e. The van der Waals surface area contributed by atoms with Crippen LogP contribution in [0, 0.1) is 11.6 Å². The first kappa shape index (κ1) is 17.2. The highest BCUT2D eigenvalue weighted by molar-refractivity contribution is 6.33. The van der Waals surface area contributed by atoms with E-state index in [4.69, 9.17) is 11.6 Å². The Hall–Kier alpha value is -2.67. The predicted octanol–water partition coefficient (Wildman–Crippen LogP) is 2.81. The Bertz CT molecular complexity index is 845. The van der Waals surface area contributed by atoms with Crippen molar-refractivity contribution in [2.75, 3.05) is 29.9 Å². The number of piperazine rings is 1. The minimum atomic E-state index is -1.09. The molecule has 0 saturated carbocycles. The zero-order valence-electron chi connectivity index (χ0n) is 13.0. The molecule has 3 rings (SSSR count). The monoisotopic (exact) mass is 365 g/mol. The number of amides is 2. The molecular weight excluding hydrogens is 352 g/mol. The van der Waals surface area contributed by atoms with Crippen molar-refractivity contribution in [1.29, 1.82) is 0 Å². The third kappa shape index (κ3) is 3.88. The normalized spacial score (nSPS) is 14.2. The van der Waals surface area contributed by atoms with Gasteiger partial charge in [0.05, 0.1) is 17.3 Å². The summed E-state index contributed by atoms with van der Waals surface area (Å²) < 4.78 is 26.2. The lowest BCUT2D eigenvalue weighted by atomic mass is 10.2. The number of anilines is 2. The number of hydrogen-bond acceptors (Lipinski definition) is 3. The molecule has 0 spiro atoms. The Morgan fingerprint density at radius 2 is 1.96 bits per heavy atom. The van der Waals surface area contributed by atoms with E-state index in [-0.39, 0.29) is 18.0 Å². The first-order valence-corrected chi connectivity index (χ1v) is 7.89. The molecule has 0 bridgehead atoms. The van der Waals surface area contributed by atoms with Crippen LogP contribution >= 0.6 is 11.6 Å². The van der Waals surface area contributed by atoms with Gasteiger partial charge < -0.3 is 15.5 Å². The molecule has 1 heterocycles. The van der Waals surface area contributed by atoms with Crippen LogP contribution in [-0.4, -0.2) is 31.4 Å². The number of nitrogens with zero attached hydrogens (tertiary/aromatic N) is 1. The fourth-order valence-corrected chi connectivity index (χ4v) is 2.83. The van der Waals surface area contributed by atoms with Gasteiger partial charge in [0.15, 0.2) is 11.6 Å². The first-order valence-electron chi connectivity index (χ1n) is 7.51. The van der Waals surface area contributed by atoms with Crippen LogP contribution in [0.3, 0.4) is 0 Å². The lowest BCUT2D eigenvalue weighted by Gasteiger charge is -2.29. The molecule has 0 radical (unpaired) electrons. The smallest absolute Gasteiger partial charge is 0.255 e. The Morgan fingerprint density at radius 3 is 2.64 bits per heavy atom. The summed E-state index contributed by atoms with van der Waals surface area (Å²) in [5.41, 5.74) is 1.08. The van der Waals surface area contributed by atoms with Crippen molar-refractivity contribution < 1.29 is 18.4 Å². The van der Waals surface area contributed by atoms with Gasteiger partial charge in [-0.2, -0.15) is 0 Å². The van der Waals surface area contributed by atoms with Gasteiger partial charge in [-0.3, -0.25) is 9.59 Å². The average Bonchev–Trinajstić information content (AvgIpc) is 2.57. The number of hydrogen-bond donors (Lipinski definition) is 2. The number of halogens is 3. The summed E-state index contributed by atoms with van der Waals surface area (Å²) >= 11 is 6.25. The van der Waals surface area contributed by atoms with Gasteiger partial charge >= 0.3 is 0 Å². The molecule has 2 aromatic carbocycles. The van der Waals surface area contributed by atoms with Crippen LogP contribution in [0.1, 0.15) is 10.4 Å². The number of carbonyl (C=O) groups excluding carboxylic acids is 2. The summed E-state index contributed by atoms with van der Waals surface area (Å²) in [7, 11) is 0. The van der Waals surface area contributed by atoms with Crippen molar-refractivity contribution >= 4 is 34.8 Å². The molecule has 5 nitrogen and oxygen atoms in total. The number of carbonyl (C=O) groups is 2. The Labute approximate surface area is 147 Å². The van der Waals surface area contributed by atoms with Gasteiger partial charge in [-0.15, -0.1) is 0 Å². The number of benzene rings is 2. The number of rotatable bonds is 3. The standard InChI is InChI=1S/C17H14ClF2N3O2/c18-12-8-11(2-4-15(12)23-6-5-21-16(24)9-23)22-17(25)10-1-3-13(19)14(20)7-10/h1-4,7-8H,5-6,9H2,(H,21,24)(H,22,25). The van der Waals surface area contributed by atoms with Crippen molar-refractivity contribution in [1.82, 2.24) is 5.32 Å². The van der Waals surface area contributed by atoms with E-state index in [1.165, 1.54) is 6.07 Å². The molecule has 0 atom stereocenters. The summed E-state index contributed by atoms with van der Waals surface area (Å²) in [6, 6.07) is 7.78. The molecule has 25 heavy (non-hydrogen) atoms. The summed E-state index contributed by atoms with van der Waals surface area (Å²) in [4.78, 5) is 25.4. The van der Waals surface area contributed by atoms with Crippen LogP contribution in [-0.2, 0) is 4.79 Å². The first-order chi connectivity index (χ1) is 11.9. The quantitative estimate of drug-likeness (QED) is 0.879. The van der Waals surface area contributed by atoms with Gasteiger partial charge in [0, 0.05) is 24.3 Å². The van der Waals surface area contributed by atoms with E-state index in [0.29, 0.717) is 29.5 Å². The summed E-state index contributed by atoms with van der Waals surface area (Å²) in [5, 5.41) is 5.67. The van der Waals surface area contributed by atoms with E-state index in [9.17, 15) is 18.4 Å². The highest BCUT2D eigenvalue weighted by Crippen LogP contribution is 2.29. The molecule has 1 aliphatic rings. The summed E-state index contributed by atoms with van der Waals surface area (Å²) in [6.45, 7) is 1.37. The molecule has 130 valence electrons. The Balaban J connectivity index is 1.75. The van der Waals surface area contributed by atoms with Gasteiger partial charge in [0.25, 0.3) is 5.91 Å². The van der Waals surface area contributed by atoms with Crippen molar-refractivity contribution in [2.24, 2.45) is 0 Å². The SMILES string of the molecule is O=C1CN(c2ccc(NC(=O)c3ccc(F)c(F)c3)cc2Cl)CCN1. The van der Waals surface area contributed by atoms with Crippen LogP contribution in [0.5, 0.6) is 0 Å². The van der Waals surface area contributed by atoms with Crippen molar-refractivity contribution in [2.45, 2.75) is 0 Å². The fourth-order valence-electron chi connectivity index (χ4n) is 2.53. The van der Waals surface area contributed by atoms with E-state index in [1.54, 1.807) is 18.2 Å². The van der Waals surface area contributed by atoms with Gasteiger partial charge in [-0.25, -0.2) is 8.78 Å². The molecule has 0 aliphatic carbocycles. The van der Waals surface area contributed by atoms with Crippen molar-refractivity contribution in [3.63, 3.8) is 0 Å². The van der Waals surface area contributed by atoms with E-state index in [0.717, 1.165) is 12.1 Å². The largest absolute Gasteiger partial charge is 0.359 e. The molecule has 0 unspecified atom stereocenters. The predicted molar refractivity (Wildman–Crippen MR) is 91.0 cm³/mol. The molecule has 2 amide bonds. The second-order valence-electron chi connectivity index (χ2n) is 5.52. The second-order valence-corrected chi connectivity index (χ2v) is 5.93. The second kappa shape index (κ2) is 7.06. The molecule has 8 heteroatoms. The van der Waals surface area contributed by atoms with Gasteiger partial charge in [0.2, 0.25) is 5.91 Å². The maximum atomic E-state index is 13.2. The third-order valence-corrected chi connectivity index (χ3v) is 4.07. The molecule has 2 N–H and O–H groups in total. The average molecular weight is 366 g/mol. The molecule has 2 aromatic rings. The van der Waals surface area contributed by atoms with Crippen LogP contribution < -0.4 is 15.5 Å². The van der Waals surface area contributed by atoms with Crippen LogP contribution in [0.25, 0.3) is 0 Å². The van der Waals surface area contributed by atoms with Crippen molar-refractivity contribution in [3.05, 3.63) is 58.6 Å². The third-order valence-electron chi connectivity index (χ3n) is 3.77. The zero-order chi connectivity index (χ0) is 18.0. The minimum absolute atomic E-state index is 0.00759. The molecule has 0 aromatic heterocycles. The van der Waals surface area contributed by atoms with Crippen molar-refractivity contribution in [3.8, 4) is 0 Å². The van der Waals surface area contributed by atoms with Crippen LogP contribution in [0.4, 0.5) is 20.2 Å². The Morgan fingerprint density at radius 1 is 1.16 bits per heavy atom. The van der Waals surface area contributed by atoms with E-state index >= 15 is 0 Å². The lowest BCUT2D eigenvalue weighted by Crippen LogP contribution is -2.47. The summed E-state index contributed by atoms with van der Waals surface area (Å²) in [5.74, 6) is -2.78. The van der Waals surface area contributed by atoms with E-state index in [1.807, 2.05) is 4.90 Å². The topological polar surface area (TPSA) is 61.4 Å². The van der Waals surface area contributed by atoms with Crippen LogP contribution in [0.15, 0.2) is 36.4 Å². The lowest BCUT2D eigenvalue weighted by molar-refractivity contribution is -0.120. The van der Waals surface area contributed by atoms with Gasteiger partial charge in [-0.1, -0.05) is 11.6 Å². The molecule has 1 fully saturated rings. The molecule has 1 saturated heterocycles. The maximum Gasteiger partial charge on any atom is 0.255 e.